The number of aromatic nitrogens is 4. The van der Waals surface area contributed by atoms with E-state index < -0.39 is 0 Å². The van der Waals surface area contributed by atoms with Crippen molar-refractivity contribution in [2.45, 2.75) is 0 Å². The maximum absolute atomic E-state index is 6.83. The standard InChI is InChI=1S/C51H30N4O/c1-2-13-32(14-3-1)49-52-50(36-23-22-31-12-4-5-15-33(31)26-36)54-51(53-49)37-24-25-40-43-30-46(38-18-8-9-20-41(38)48(43)56-47(40)29-37)55-44-21-11-10-19-39(44)42-27-34-16-6-7-17-35(34)28-45(42)55/h1-30H. The van der Waals surface area contributed by atoms with Gasteiger partial charge in [-0.25, -0.2) is 15.0 Å². The van der Waals surface area contributed by atoms with Crippen LogP contribution in [0.1, 0.15) is 0 Å². The minimum atomic E-state index is 0.590. The molecule has 0 spiro atoms. The zero-order valence-electron chi connectivity index (χ0n) is 30.0. The zero-order valence-corrected chi connectivity index (χ0v) is 30.0. The normalized spacial score (nSPS) is 11.9. The van der Waals surface area contributed by atoms with Gasteiger partial charge in [0.05, 0.1) is 16.7 Å². The Morgan fingerprint density at radius 1 is 0.339 bits per heavy atom. The van der Waals surface area contributed by atoms with E-state index in [1.807, 2.05) is 30.3 Å². The molecule has 0 radical (unpaired) electrons. The second-order valence-electron chi connectivity index (χ2n) is 14.4. The molecule has 5 heteroatoms. The van der Waals surface area contributed by atoms with Gasteiger partial charge >= 0.3 is 0 Å². The Morgan fingerprint density at radius 3 is 1.71 bits per heavy atom. The van der Waals surface area contributed by atoms with Crippen LogP contribution in [-0.4, -0.2) is 19.5 Å². The van der Waals surface area contributed by atoms with Crippen molar-refractivity contribution in [1.82, 2.24) is 19.5 Å². The van der Waals surface area contributed by atoms with E-state index in [1.165, 1.54) is 38.0 Å². The molecule has 12 rings (SSSR count). The van der Waals surface area contributed by atoms with Gasteiger partial charge in [0, 0.05) is 49.0 Å². The molecule has 56 heavy (non-hydrogen) atoms. The first kappa shape index (κ1) is 30.8. The van der Waals surface area contributed by atoms with Crippen LogP contribution in [0, 0.1) is 0 Å². The Hall–Kier alpha value is -7.63. The second kappa shape index (κ2) is 11.9. The third-order valence-electron chi connectivity index (χ3n) is 11.2. The zero-order chi connectivity index (χ0) is 36.7. The van der Waals surface area contributed by atoms with E-state index in [0.29, 0.717) is 17.5 Å². The van der Waals surface area contributed by atoms with Crippen molar-refractivity contribution in [3.8, 4) is 39.9 Å². The van der Waals surface area contributed by atoms with Gasteiger partial charge in [-0.2, -0.15) is 0 Å². The summed E-state index contributed by atoms with van der Waals surface area (Å²) in [4.78, 5) is 15.1. The van der Waals surface area contributed by atoms with Crippen molar-refractivity contribution >= 4 is 76.1 Å². The fourth-order valence-electron chi connectivity index (χ4n) is 8.50. The summed E-state index contributed by atoms with van der Waals surface area (Å²) in [5, 5.41) is 11.5. The molecule has 3 aromatic heterocycles. The fourth-order valence-corrected chi connectivity index (χ4v) is 8.50. The maximum Gasteiger partial charge on any atom is 0.164 e. The molecule has 0 saturated carbocycles. The molecule has 5 nitrogen and oxygen atoms in total. The highest BCUT2D eigenvalue weighted by Crippen LogP contribution is 2.42. The monoisotopic (exact) mass is 714 g/mol. The van der Waals surface area contributed by atoms with Crippen molar-refractivity contribution in [2.24, 2.45) is 0 Å². The molecule has 0 fully saturated rings. The van der Waals surface area contributed by atoms with Crippen LogP contribution in [0.5, 0.6) is 0 Å². The summed E-state index contributed by atoms with van der Waals surface area (Å²) >= 11 is 0. The van der Waals surface area contributed by atoms with Crippen LogP contribution in [0.15, 0.2) is 186 Å². The molecule has 0 aliphatic rings. The molecule has 0 aliphatic heterocycles. The first-order chi connectivity index (χ1) is 27.7. The van der Waals surface area contributed by atoms with Crippen molar-refractivity contribution in [2.75, 3.05) is 0 Å². The molecule has 260 valence electrons. The highest BCUT2D eigenvalue weighted by atomic mass is 16.3. The van der Waals surface area contributed by atoms with Crippen molar-refractivity contribution < 1.29 is 4.42 Å². The Kier molecular flexibility index (Phi) is 6.56. The molecule has 9 aromatic carbocycles. The van der Waals surface area contributed by atoms with Crippen molar-refractivity contribution in [3.63, 3.8) is 0 Å². The average Bonchev–Trinajstić information content (AvgIpc) is 3.80. The van der Waals surface area contributed by atoms with E-state index in [9.17, 15) is 0 Å². The molecule has 0 unspecified atom stereocenters. The number of hydrogen-bond donors (Lipinski definition) is 0. The number of hydrogen-bond acceptors (Lipinski definition) is 4. The van der Waals surface area contributed by atoms with E-state index in [2.05, 4.69) is 156 Å². The summed E-state index contributed by atoms with van der Waals surface area (Å²) in [5.74, 6) is 1.84. The number of furan rings is 1. The second-order valence-corrected chi connectivity index (χ2v) is 14.4. The molecule has 0 amide bonds. The van der Waals surface area contributed by atoms with E-state index in [-0.39, 0.29) is 0 Å². The van der Waals surface area contributed by atoms with Gasteiger partial charge in [0.2, 0.25) is 0 Å². The van der Waals surface area contributed by atoms with Crippen LogP contribution >= 0.6 is 0 Å². The van der Waals surface area contributed by atoms with E-state index >= 15 is 0 Å². The lowest BCUT2D eigenvalue weighted by molar-refractivity contribution is 0.672. The lowest BCUT2D eigenvalue weighted by Gasteiger charge is -2.13. The van der Waals surface area contributed by atoms with Gasteiger partial charge < -0.3 is 8.98 Å². The molecular formula is C51H30N4O. The minimum Gasteiger partial charge on any atom is -0.455 e. The van der Waals surface area contributed by atoms with Gasteiger partial charge in [-0.1, -0.05) is 140 Å². The van der Waals surface area contributed by atoms with Gasteiger partial charge in [-0.05, 0) is 64.0 Å². The maximum atomic E-state index is 6.83. The summed E-state index contributed by atoms with van der Waals surface area (Å²) in [6.07, 6.45) is 0. The minimum absolute atomic E-state index is 0.590. The molecule has 12 aromatic rings. The lowest BCUT2D eigenvalue weighted by atomic mass is 10.0. The van der Waals surface area contributed by atoms with E-state index in [1.54, 1.807) is 0 Å². The molecule has 0 saturated heterocycles. The number of nitrogens with zero attached hydrogens (tertiary/aromatic N) is 4. The highest BCUT2D eigenvalue weighted by molar-refractivity contribution is 6.20. The van der Waals surface area contributed by atoms with E-state index in [4.69, 9.17) is 19.4 Å². The molecule has 0 bridgehead atoms. The van der Waals surface area contributed by atoms with Crippen LogP contribution in [0.2, 0.25) is 0 Å². The summed E-state index contributed by atoms with van der Waals surface area (Å²) < 4.78 is 9.26. The number of rotatable bonds is 4. The summed E-state index contributed by atoms with van der Waals surface area (Å²) in [6.45, 7) is 0. The van der Waals surface area contributed by atoms with Gasteiger partial charge in [-0.15, -0.1) is 0 Å². The van der Waals surface area contributed by atoms with Gasteiger partial charge in [0.25, 0.3) is 0 Å². The van der Waals surface area contributed by atoms with Gasteiger partial charge in [0.1, 0.15) is 11.2 Å². The smallest absolute Gasteiger partial charge is 0.164 e. The SMILES string of the molecule is c1ccc(-c2nc(-c3ccc4ccccc4c3)nc(-c3ccc4c(c3)oc3c5ccccc5c(-n5c6ccccc6c6cc7ccccc7cc65)cc43)n2)cc1. The fraction of sp³-hybridized carbons (Fsp3) is 0. The van der Waals surface area contributed by atoms with Crippen LogP contribution in [0.25, 0.3) is 116 Å². The quantitative estimate of drug-likeness (QED) is 0.182. The first-order valence-corrected chi connectivity index (χ1v) is 18.8. The largest absolute Gasteiger partial charge is 0.455 e. The summed E-state index contributed by atoms with van der Waals surface area (Å²) in [5.41, 5.74) is 7.83. The Balaban J connectivity index is 1.08. The molecule has 0 atom stereocenters. The third kappa shape index (κ3) is 4.71. The molecule has 0 N–H and O–H groups in total. The Labute approximate surface area is 320 Å². The van der Waals surface area contributed by atoms with Crippen LogP contribution in [0.4, 0.5) is 0 Å². The third-order valence-corrected chi connectivity index (χ3v) is 11.2. The highest BCUT2D eigenvalue weighted by Gasteiger charge is 2.20. The summed E-state index contributed by atoms with van der Waals surface area (Å²) in [7, 11) is 0. The van der Waals surface area contributed by atoms with Crippen LogP contribution in [0.3, 0.4) is 0 Å². The molecular weight excluding hydrogens is 685 g/mol. The predicted octanol–water partition coefficient (Wildman–Crippen LogP) is 13.3. The summed E-state index contributed by atoms with van der Waals surface area (Å²) in [6, 6.07) is 64.0. The average molecular weight is 715 g/mol. The first-order valence-electron chi connectivity index (χ1n) is 18.8. The number of benzene rings is 9. The van der Waals surface area contributed by atoms with E-state index in [0.717, 1.165) is 60.5 Å². The van der Waals surface area contributed by atoms with Gasteiger partial charge in [-0.3, -0.25) is 0 Å². The Morgan fingerprint density at radius 2 is 0.929 bits per heavy atom. The topological polar surface area (TPSA) is 56.7 Å². The lowest BCUT2D eigenvalue weighted by Crippen LogP contribution is -2.00. The Bertz CT molecular complexity index is 3540. The predicted molar refractivity (Wildman–Crippen MR) is 230 cm³/mol. The van der Waals surface area contributed by atoms with Crippen molar-refractivity contribution in [3.05, 3.63) is 182 Å². The number of fused-ring (bicyclic) bond motifs is 10. The van der Waals surface area contributed by atoms with Crippen LogP contribution in [-0.2, 0) is 0 Å². The van der Waals surface area contributed by atoms with Crippen LogP contribution < -0.4 is 0 Å². The van der Waals surface area contributed by atoms with Crippen molar-refractivity contribution in [1.29, 1.82) is 0 Å². The molecule has 0 aliphatic carbocycles. The number of para-hydroxylation sites is 1. The van der Waals surface area contributed by atoms with Gasteiger partial charge in [0.15, 0.2) is 17.5 Å². The molecule has 3 heterocycles.